The molecule has 0 bridgehead atoms. The van der Waals surface area contributed by atoms with Gasteiger partial charge in [0, 0.05) is 30.6 Å². The van der Waals surface area contributed by atoms with E-state index in [1.54, 1.807) is 11.0 Å². The van der Waals surface area contributed by atoms with Gasteiger partial charge in [-0.25, -0.2) is 4.79 Å². The Labute approximate surface area is 178 Å². The fraction of sp³-hybridized carbons (Fsp3) is 0.579. The molecule has 0 saturated carbocycles. The van der Waals surface area contributed by atoms with E-state index in [2.05, 4.69) is 5.32 Å². The highest BCUT2D eigenvalue weighted by Gasteiger charge is 2.36. The minimum absolute atomic E-state index is 0.00138. The zero-order valence-electron chi connectivity index (χ0n) is 16.7. The highest BCUT2D eigenvalue weighted by atomic mass is 35.5. The molecule has 5 amide bonds. The Hall–Kier alpha value is -2.13. The second-order valence-electron chi connectivity index (χ2n) is 7.66. The fourth-order valence-electron chi connectivity index (χ4n) is 3.70. The maximum atomic E-state index is 13.0. The van der Waals surface area contributed by atoms with Crippen molar-refractivity contribution in [1.82, 2.24) is 20.0 Å². The number of hydrogen-bond acceptors (Lipinski definition) is 5. The van der Waals surface area contributed by atoms with Crippen LogP contribution in [0.25, 0.3) is 0 Å². The van der Waals surface area contributed by atoms with Gasteiger partial charge in [0.15, 0.2) is 0 Å². The summed E-state index contributed by atoms with van der Waals surface area (Å²) in [7, 11) is 1.52. The highest BCUT2D eigenvalue weighted by molar-refractivity contribution is 7.16. The molecule has 3 rings (SSSR count). The van der Waals surface area contributed by atoms with E-state index in [0.717, 1.165) is 22.6 Å². The standard InChI is InChI=1S/C19H25ClN4O4S/c1-11-4-5-13(21-16(25)9-24-17(26)10-22(3)19(24)28)8-23(11)18(27)12(2)14-6-7-15(20)29-14/h6-7,11-13H,4-5,8-10H2,1-3H3,(H,21,25). The average Bonchev–Trinajstić information content (AvgIpc) is 3.20. The van der Waals surface area contributed by atoms with Gasteiger partial charge < -0.3 is 15.1 Å². The molecular formula is C19H25ClN4O4S. The second-order valence-corrected chi connectivity index (χ2v) is 9.41. The third kappa shape index (κ3) is 4.72. The van der Waals surface area contributed by atoms with E-state index >= 15 is 0 Å². The number of nitrogens with one attached hydrogen (secondary N) is 1. The van der Waals surface area contributed by atoms with Crippen LogP contribution in [-0.2, 0) is 14.4 Å². The average molecular weight is 441 g/mol. The zero-order chi connectivity index (χ0) is 21.3. The second kappa shape index (κ2) is 8.71. The van der Waals surface area contributed by atoms with Gasteiger partial charge in [0.05, 0.1) is 10.3 Å². The lowest BCUT2D eigenvalue weighted by atomic mass is 9.97. The number of halogens is 1. The highest BCUT2D eigenvalue weighted by Crippen LogP contribution is 2.31. The van der Waals surface area contributed by atoms with Crippen LogP contribution < -0.4 is 5.32 Å². The number of urea groups is 1. The summed E-state index contributed by atoms with van der Waals surface area (Å²) in [6, 6.07) is 3.04. The van der Waals surface area contributed by atoms with Crippen molar-refractivity contribution in [3.8, 4) is 0 Å². The van der Waals surface area contributed by atoms with Gasteiger partial charge in [-0.3, -0.25) is 19.3 Å². The van der Waals surface area contributed by atoms with Crippen molar-refractivity contribution in [2.45, 2.75) is 44.7 Å². The first-order valence-electron chi connectivity index (χ1n) is 9.58. The first-order valence-corrected chi connectivity index (χ1v) is 10.8. The van der Waals surface area contributed by atoms with Crippen LogP contribution in [0, 0.1) is 0 Å². The molecule has 2 fully saturated rings. The quantitative estimate of drug-likeness (QED) is 0.708. The minimum Gasteiger partial charge on any atom is -0.350 e. The predicted octanol–water partition coefficient (Wildman–Crippen LogP) is 1.89. The first-order chi connectivity index (χ1) is 13.7. The lowest BCUT2D eigenvalue weighted by Crippen LogP contribution is -2.55. The number of carbonyl (C=O) groups excluding carboxylic acids is 4. The number of rotatable bonds is 5. The molecule has 1 N–H and O–H groups in total. The Morgan fingerprint density at radius 3 is 2.62 bits per heavy atom. The van der Waals surface area contributed by atoms with E-state index in [1.807, 2.05) is 19.9 Å². The maximum Gasteiger partial charge on any atom is 0.327 e. The summed E-state index contributed by atoms with van der Waals surface area (Å²) in [6.07, 6.45) is 1.50. The molecule has 8 nitrogen and oxygen atoms in total. The van der Waals surface area contributed by atoms with Gasteiger partial charge in [-0.2, -0.15) is 0 Å². The maximum absolute atomic E-state index is 13.0. The van der Waals surface area contributed by atoms with Gasteiger partial charge in [-0.05, 0) is 38.8 Å². The lowest BCUT2D eigenvalue weighted by Gasteiger charge is -2.39. The molecule has 0 aliphatic carbocycles. The minimum atomic E-state index is -0.470. The number of likely N-dealkylation sites (N-methyl/N-ethyl adjacent to an activating group) is 1. The number of amides is 5. The number of carbonyl (C=O) groups is 4. The van der Waals surface area contributed by atoms with Crippen molar-refractivity contribution in [2.24, 2.45) is 0 Å². The van der Waals surface area contributed by atoms with Crippen molar-refractivity contribution in [2.75, 3.05) is 26.7 Å². The third-order valence-electron chi connectivity index (χ3n) is 5.45. The summed E-state index contributed by atoms with van der Waals surface area (Å²) < 4.78 is 0.646. The van der Waals surface area contributed by atoms with Crippen molar-refractivity contribution >= 4 is 46.7 Å². The van der Waals surface area contributed by atoms with Gasteiger partial charge >= 0.3 is 6.03 Å². The van der Waals surface area contributed by atoms with Crippen LogP contribution in [0.3, 0.4) is 0 Å². The molecule has 0 spiro atoms. The van der Waals surface area contributed by atoms with Crippen LogP contribution in [0.5, 0.6) is 0 Å². The summed E-state index contributed by atoms with van der Waals surface area (Å²) in [5.41, 5.74) is 0. The Morgan fingerprint density at radius 1 is 1.31 bits per heavy atom. The van der Waals surface area contributed by atoms with Crippen molar-refractivity contribution in [1.29, 1.82) is 0 Å². The molecule has 2 aliphatic heterocycles. The SMILES string of the molecule is CC(C(=O)N1CC(NC(=O)CN2C(=O)CN(C)C2=O)CCC1C)c1ccc(Cl)s1. The van der Waals surface area contributed by atoms with Crippen LogP contribution in [0.1, 0.15) is 37.5 Å². The van der Waals surface area contributed by atoms with Gasteiger partial charge in [0.25, 0.3) is 5.91 Å². The number of thiophene rings is 1. The molecule has 29 heavy (non-hydrogen) atoms. The lowest BCUT2D eigenvalue weighted by molar-refractivity contribution is -0.137. The molecule has 0 aromatic carbocycles. The fourth-order valence-corrected chi connectivity index (χ4v) is 4.81. The van der Waals surface area contributed by atoms with Gasteiger partial charge in [0.1, 0.15) is 13.1 Å². The third-order valence-corrected chi connectivity index (χ3v) is 6.87. The summed E-state index contributed by atoms with van der Waals surface area (Å²) in [6.45, 7) is 3.95. The monoisotopic (exact) mass is 440 g/mol. The van der Waals surface area contributed by atoms with Gasteiger partial charge in [-0.15, -0.1) is 11.3 Å². The zero-order valence-corrected chi connectivity index (χ0v) is 18.3. The molecule has 158 valence electrons. The molecule has 3 heterocycles. The van der Waals surface area contributed by atoms with E-state index in [9.17, 15) is 19.2 Å². The summed E-state index contributed by atoms with van der Waals surface area (Å²) in [5.74, 6) is -1.08. The molecule has 2 saturated heterocycles. The number of imide groups is 1. The normalized spacial score (nSPS) is 23.5. The summed E-state index contributed by atoms with van der Waals surface area (Å²) in [4.78, 5) is 54.1. The van der Waals surface area contributed by atoms with E-state index in [4.69, 9.17) is 11.6 Å². The van der Waals surface area contributed by atoms with Crippen LogP contribution in [0.2, 0.25) is 4.34 Å². The number of likely N-dealkylation sites (tertiary alicyclic amines) is 1. The van der Waals surface area contributed by atoms with Gasteiger partial charge in [0.2, 0.25) is 11.8 Å². The smallest absolute Gasteiger partial charge is 0.327 e. The molecule has 3 atom stereocenters. The van der Waals surface area contributed by atoms with E-state index in [1.165, 1.54) is 23.3 Å². The topological polar surface area (TPSA) is 90.0 Å². The van der Waals surface area contributed by atoms with Crippen LogP contribution >= 0.6 is 22.9 Å². The molecule has 0 radical (unpaired) electrons. The number of hydrogen-bond donors (Lipinski definition) is 1. The Bertz CT molecular complexity index is 829. The molecule has 3 unspecified atom stereocenters. The number of nitrogens with zero attached hydrogens (tertiary/aromatic N) is 3. The van der Waals surface area contributed by atoms with E-state index in [-0.39, 0.29) is 42.9 Å². The summed E-state index contributed by atoms with van der Waals surface area (Å²) >= 11 is 7.39. The van der Waals surface area contributed by atoms with Crippen molar-refractivity contribution in [3.63, 3.8) is 0 Å². The summed E-state index contributed by atoms with van der Waals surface area (Å²) in [5, 5.41) is 2.87. The molecule has 1 aromatic heterocycles. The number of piperidine rings is 1. The van der Waals surface area contributed by atoms with Crippen LogP contribution in [0.15, 0.2) is 12.1 Å². The van der Waals surface area contributed by atoms with Crippen molar-refractivity contribution in [3.05, 3.63) is 21.3 Å². The van der Waals surface area contributed by atoms with Crippen LogP contribution in [-0.4, -0.2) is 77.2 Å². The Morgan fingerprint density at radius 2 is 2.03 bits per heavy atom. The Balaban J connectivity index is 1.59. The van der Waals surface area contributed by atoms with E-state index < -0.39 is 11.9 Å². The van der Waals surface area contributed by atoms with E-state index in [0.29, 0.717) is 10.9 Å². The largest absolute Gasteiger partial charge is 0.350 e. The van der Waals surface area contributed by atoms with Crippen LogP contribution in [0.4, 0.5) is 4.79 Å². The van der Waals surface area contributed by atoms with Gasteiger partial charge in [-0.1, -0.05) is 11.6 Å². The van der Waals surface area contributed by atoms with Crippen molar-refractivity contribution < 1.29 is 19.2 Å². The predicted molar refractivity (Wildman–Crippen MR) is 110 cm³/mol. The molecule has 2 aliphatic rings. The first kappa shape index (κ1) is 21.6. The molecule has 1 aromatic rings. The Kier molecular flexibility index (Phi) is 6.48. The molecule has 10 heteroatoms. The molecular weight excluding hydrogens is 416 g/mol.